The third kappa shape index (κ3) is 3.74. The first-order chi connectivity index (χ1) is 11.9. The van der Waals surface area contributed by atoms with Crippen LogP contribution in [-0.4, -0.2) is 41.4 Å². The summed E-state index contributed by atoms with van der Waals surface area (Å²) in [5, 5.41) is 16.1. The minimum atomic E-state index is -4.50. The Balaban J connectivity index is 1.67. The SMILES string of the molecule is N#Cc1cnc(N2CCN(c3ccc(C(F)(F)F)nn3)CC2)c(Cl)c1. The van der Waals surface area contributed by atoms with Crippen LogP contribution in [0.25, 0.3) is 0 Å². The van der Waals surface area contributed by atoms with E-state index in [1.54, 1.807) is 6.07 Å². The van der Waals surface area contributed by atoms with E-state index in [1.807, 2.05) is 15.9 Å². The van der Waals surface area contributed by atoms with Crippen molar-refractivity contribution in [3.63, 3.8) is 0 Å². The minimum absolute atomic E-state index is 0.382. The molecule has 0 aromatic carbocycles. The molecule has 2 aromatic rings. The molecular weight excluding hydrogens is 357 g/mol. The summed E-state index contributed by atoms with van der Waals surface area (Å²) in [7, 11) is 0. The van der Waals surface area contributed by atoms with E-state index < -0.39 is 11.9 Å². The Morgan fingerprint density at radius 3 is 2.28 bits per heavy atom. The first-order valence-electron chi connectivity index (χ1n) is 7.35. The van der Waals surface area contributed by atoms with Crippen molar-refractivity contribution in [1.29, 1.82) is 5.26 Å². The standard InChI is InChI=1S/C15H12ClF3N6/c16-11-7-10(8-20)9-21-14(11)25-5-3-24(4-6-25)13-2-1-12(22-23-13)15(17,18)19/h1-2,7,9H,3-6H2. The van der Waals surface area contributed by atoms with Gasteiger partial charge in [0.1, 0.15) is 11.9 Å². The van der Waals surface area contributed by atoms with Crippen LogP contribution in [0.3, 0.4) is 0 Å². The van der Waals surface area contributed by atoms with E-state index in [2.05, 4.69) is 15.2 Å². The molecule has 1 saturated heterocycles. The van der Waals surface area contributed by atoms with Gasteiger partial charge in [-0.25, -0.2) is 4.98 Å². The number of hydrogen-bond donors (Lipinski definition) is 0. The molecule has 3 rings (SSSR count). The summed E-state index contributed by atoms with van der Waals surface area (Å²) in [5.74, 6) is 0.977. The molecule has 25 heavy (non-hydrogen) atoms. The van der Waals surface area contributed by atoms with Gasteiger partial charge >= 0.3 is 6.18 Å². The number of nitriles is 1. The number of pyridine rings is 1. The Kier molecular flexibility index (Phi) is 4.63. The highest BCUT2D eigenvalue weighted by Gasteiger charge is 2.33. The van der Waals surface area contributed by atoms with Gasteiger partial charge in [-0.1, -0.05) is 11.6 Å². The number of anilines is 2. The smallest absolute Gasteiger partial charge is 0.352 e. The van der Waals surface area contributed by atoms with Crippen molar-refractivity contribution in [3.8, 4) is 6.07 Å². The lowest BCUT2D eigenvalue weighted by Gasteiger charge is -2.36. The second-order valence-electron chi connectivity index (χ2n) is 5.39. The van der Waals surface area contributed by atoms with E-state index in [1.165, 1.54) is 12.3 Å². The first kappa shape index (κ1) is 17.2. The highest BCUT2D eigenvalue weighted by Crippen LogP contribution is 2.28. The molecule has 0 bridgehead atoms. The summed E-state index contributed by atoms with van der Waals surface area (Å²) < 4.78 is 37.6. The van der Waals surface area contributed by atoms with E-state index in [4.69, 9.17) is 16.9 Å². The largest absolute Gasteiger partial charge is 0.435 e. The van der Waals surface area contributed by atoms with E-state index in [9.17, 15) is 13.2 Å². The summed E-state index contributed by atoms with van der Waals surface area (Å²) in [6.45, 7) is 2.22. The molecule has 10 heteroatoms. The van der Waals surface area contributed by atoms with Crippen LogP contribution in [0, 0.1) is 11.3 Å². The third-order valence-electron chi connectivity index (χ3n) is 3.79. The Bertz CT molecular complexity index is 794. The van der Waals surface area contributed by atoms with Crippen LogP contribution in [0.4, 0.5) is 24.8 Å². The Hall–Kier alpha value is -2.60. The van der Waals surface area contributed by atoms with Crippen molar-refractivity contribution in [2.45, 2.75) is 6.18 Å². The molecule has 0 N–H and O–H groups in total. The van der Waals surface area contributed by atoms with Crippen molar-refractivity contribution in [2.24, 2.45) is 0 Å². The van der Waals surface area contributed by atoms with Gasteiger partial charge in [0.05, 0.1) is 10.6 Å². The van der Waals surface area contributed by atoms with E-state index in [0.717, 1.165) is 6.07 Å². The molecule has 0 amide bonds. The van der Waals surface area contributed by atoms with Crippen LogP contribution in [0.5, 0.6) is 0 Å². The van der Waals surface area contributed by atoms with Crippen LogP contribution in [-0.2, 0) is 6.18 Å². The van der Waals surface area contributed by atoms with E-state index in [0.29, 0.717) is 48.4 Å². The zero-order valence-corrected chi connectivity index (χ0v) is 13.6. The van der Waals surface area contributed by atoms with Gasteiger partial charge in [0, 0.05) is 32.4 Å². The molecule has 2 aromatic heterocycles. The van der Waals surface area contributed by atoms with Crippen LogP contribution in [0.2, 0.25) is 5.02 Å². The number of alkyl halides is 3. The zero-order valence-electron chi connectivity index (χ0n) is 12.8. The van der Waals surface area contributed by atoms with Crippen LogP contribution >= 0.6 is 11.6 Å². The maximum atomic E-state index is 12.5. The van der Waals surface area contributed by atoms with Crippen LogP contribution in [0.1, 0.15) is 11.3 Å². The third-order valence-corrected chi connectivity index (χ3v) is 4.07. The van der Waals surface area contributed by atoms with Crippen molar-refractivity contribution in [2.75, 3.05) is 36.0 Å². The molecular formula is C15H12ClF3N6. The second-order valence-corrected chi connectivity index (χ2v) is 5.80. The lowest BCUT2D eigenvalue weighted by atomic mass is 10.2. The van der Waals surface area contributed by atoms with Gasteiger partial charge in [-0.3, -0.25) is 0 Å². The quantitative estimate of drug-likeness (QED) is 0.812. The van der Waals surface area contributed by atoms with Crippen LogP contribution < -0.4 is 9.80 Å². The first-order valence-corrected chi connectivity index (χ1v) is 7.73. The predicted molar refractivity (Wildman–Crippen MR) is 85.4 cm³/mol. The highest BCUT2D eigenvalue weighted by atomic mass is 35.5. The lowest BCUT2D eigenvalue weighted by Crippen LogP contribution is -2.47. The average Bonchev–Trinajstić information content (AvgIpc) is 2.61. The number of aromatic nitrogens is 3. The van der Waals surface area contributed by atoms with Gasteiger partial charge in [0.25, 0.3) is 0 Å². The number of hydrogen-bond acceptors (Lipinski definition) is 6. The van der Waals surface area contributed by atoms with Gasteiger partial charge in [0.15, 0.2) is 11.5 Å². The fourth-order valence-corrected chi connectivity index (χ4v) is 2.80. The van der Waals surface area contributed by atoms with Crippen molar-refractivity contribution in [3.05, 3.63) is 40.7 Å². The predicted octanol–water partition coefficient (Wildman–Crippen LogP) is 2.74. The van der Waals surface area contributed by atoms with Crippen molar-refractivity contribution < 1.29 is 13.2 Å². The fourth-order valence-electron chi connectivity index (χ4n) is 2.52. The summed E-state index contributed by atoms with van der Waals surface area (Å²) in [6, 6.07) is 5.77. The Morgan fingerprint density at radius 2 is 1.76 bits per heavy atom. The van der Waals surface area contributed by atoms with E-state index in [-0.39, 0.29) is 0 Å². The maximum Gasteiger partial charge on any atom is 0.435 e. The summed E-state index contributed by atoms with van der Waals surface area (Å²) in [4.78, 5) is 8.01. The normalized spacial score (nSPS) is 15.2. The Labute approximate surface area is 146 Å². The molecule has 1 fully saturated rings. The number of halogens is 4. The average molecular weight is 369 g/mol. The molecule has 0 unspecified atom stereocenters. The number of piperazine rings is 1. The number of nitrogens with zero attached hydrogens (tertiary/aromatic N) is 6. The second kappa shape index (κ2) is 6.72. The van der Waals surface area contributed by atoms with Gasteiger partial charge in [-0.05, 0) is 18.2 Å². The molecule has 0 saturated carbocycles. The molecule has 1 aliphatic rings. The van der Waals surface area contributed by atoms with Gasteiger partial charge in [-0.15, -0.1) is 10.2 Å². The zero-order chi connectivity index (χ0) is 18.0. The van der Waals surface area contributed by atoms with Gasteiger partial charge in [-0.2, -0.15) is 18.4 Å². The molecule has 130 valence electrons. The summed E-state index contributed by atoms with van der Waals surface area (Å²) in [5.41, 5.74) is -0.629. The topological polar surface area (TPSA) is 68.9 Å². The molecule has 0 spiro atoms. The monoisotopic (exact) mass is 368 g/mol. The maximum absolute atomic E-state index is 12.5. The molecule has 0 radical (unpaired) electrons. The van der Waals surface area contributed by atoms with Crippen molar-refractivity contribution in [1.82, 2.24) is 15.2 Å². The highest BCUT2D eigenvalue weighted by molar-refractivity contribution is 6.33. The molecule has 1 aliphatic heterocycles. The molecule has 6 nitrogen and oxygen atoms in total. The summed E-state index contributed by atoms with van der Waals surface area (Å²) >= 11 is 6.16. The summed E-state index contributed by atoms with van der Waals surface area (Å²) in [6.07, 6.45) is -3.04. The van der Waals surface area contributed by atoms with E-state index >= 15 is 0 Å². The molecule has 0 aliphatic carbocycles. The molecule has 0 atom stereocenters. The molecule has 3 heterocycles. The van der Waals surface area contributed by atoms with Crippen LogP contribution in [0.15, 0.2) is 24.4 Å². The number of rotatable bonds is 2. The lowest BCUT2D eigenvalue weighted by molar-refractivity contribution is -0.141. The minimum Gasteiger partial charge on any atom is -0.352 e. The fraction of sp³-hybridized carbons (Fsp3) is 0.333. The Morgan fingerprint density at radius 1 is 1.08 bits per heavy atom. The van der Waals surface area contributed by atoms with Gasteiger partial charge in [0.2, 0.25) is 0 Å². The van der Waals surface area contributed by atoms with Gasteiger partial charge < -0.3 is 9.80 Å². The van der Waals surface area contributed by atoms with Crippen molar-refractivity contribution >= 4 is 23.2 Å².